The second kappa shape index (κ2) is 11.0. The molecule has 0 bridgehead atoms. The molecular weight excluding hydrogens is 416 g/mol. The molecule has 0 spiro atoms. The number of carbonyl (C=O) groups is 1. The maximum Gasteiger partial charge on any atom is 0.244 e. The SMILES string of the molecule is COc1cc(/C=N\NC(=O)Cc2ccc(Cl)cc2)cc(OC)c1OCc1ccccc1. The number of methoxy groups -OCH3 is 2. The normalized spacial score (nSPS) is 10.7. The van der Waals surface area contributed by atoms with Gasteiger partial charge < -0.3 is 14.2 Å². The van der Waals surface area contributed by atoms with Crippen molar-refractivity contribution in [2.45, 2.75) is 13.0 Å². The van der Waals surface area contributed by atoms with Gasteiger partial charge in [-0.15, -0.1) is 0 Å². The summed E-state index contributed by atoms with van der Waals surface area (Å²) in [6.45, 7) is 0.377. The fourth-order valence-electron chi connectivity index (χ4n) is 2.85. The van der Waals surface area contributed by atoms with Gasteiger partial charge >= 0.3 is 0 Å². The van der Waals surface area contributed by atoms with Gasteiger partial charge in [-0.05, 0) is 35.4 Å². The molecular formula is C24H23ClN2O4. The quantitative estimate of drug-likeness (QED) is 0.390. The molecule has 0 saturated carbocycles. The Morgan fingerprint density at radius 3 is 2.23 bits per heavy atom. The molecule has 0 atom stereocenters. The zero-order valence-electron chi connectivity index (χ0n) is 17.3. The molecule has 0 radical (unpaired) electrons. The van der Waals surface area contributed by atoms with E-state index in [1.165, 1.54) is 6.21 Å². The number of hydrogen-bond acceptors (Lipinski definition) is 5. The summed E-state index contributed by atoms with van der Waals surface area (Å²) < 4.78 is 16.9. The van der Waals surface area contributed by atoms with Crippen LogP contribution in [0, 0.1) is 0 Å². The topological polar surface area (TPSA) is 69.2 Å². The number of nitrogens with one attached hydrogen (secondary N) is 1. The first-order chi connectivity index (χ1) is 15.1. The second-order valence-electron chi connectivity index (χ2n) is 6.63. The summed E-state index contributed by atoms with van der Waals surface area (Å²) in [5.74, 6) is 1.27. The van der Waals surface area contributed by atoms with Crippen LogP contribution < -0.4 is 19.6 Å². The molecule has 6 nitrogen and oxygen atoms in total. The van der Waals surface area contributed by atoms with Gasteiger partial charge in [0.05, 0.1) is 26.9 Å². The predicted octanol–water partition coefficient (Wildman–Crippen LogP) is 4.63. The van der Waals surface area contributed by atoms with E-state index < -0.39 is 0 Å². The summed E-state index contributed by atoms with van der Waals surface area (Å²) in [5.41, 5.74) is 5.08. The van der Waals surface area contributed by atoms with E-state index in [9.17, 15) is 4.79 Å². The molecule has 1 amide bonds. The molecule has 0 aliphatic heterocycles. The smallest absolute Gasteiger partial charge is 0.244 e. The zero-order chi connectivity index (χ0) is 22.1. The van der Waals surface area contributed by atoms with E-state index in [0.717, 1.165) is 11.1 Å². The Morgan fingerprint density at radius 1 is 0.968 bits per heavy atom. The highest BCUT2D eigenvalue weighted by atomic mass is 35.5. The average Bonchev–Trinajstić information content (AvgIpc) is 2.79. The van der Waals surface area contributed by atoms with Gasteiger partial charge in [0, 0.05) is 10.6 Å². The summed E-state index contributed by atoms with van der Waals surface area (Å²) >= 11 is 5.86. The molecule has 3 aromatic rings. The zero-order valence-corrected chi connectivity index (χ0v) is 18.1. The molecule has 3 aromatic carbocycles. The molecule has 3 rings (SSSR count). The van der Waals surface area contributed by atoms with Crippen molar-refractivity contribution in [1.82, 2.24) is 5.43 Å². The molecule has 1 N–H and O–H groups in total. The van der Waals surface area contributed by atoms with Gasteiger partial charge in [0.25, 0.3) is 0 Å². The molecule has 0 aliphatic rings. The van der Waals surface area contributed by atoms with Crippen LogP contribution in [0.25, 0.3) is 0 Å². The standard InChI is InChI=1S/C24H23ClN2O4/c1-29-21-12-19(15-26-27-23(28)14-17-8-10-20(25)11-9-17)13-22(30-2)24(21)31-16-18-6-4-3-5-7-18/h3-13,15H,14,16H2,1-2H3,(H,27,28)/b26-15-. The van der Waals surface area contributed by atoms with Gasteiger partial charge in [0.2, 0.25) is 11.7 Å². The Morgan fingerprint density at radius 2 is 1.61 bits per heavy atom. The lowest BCUT2D eigenvalue weighted by Gasteiger charge is -2.15. The van der Waals surface area contributed by atoms with E-state index in [1.807, 2.05) is 30.3 Å². The number of hydrazone groups is 1. The lowest BCUT2D eigenvalue weighted by Crippen LogP contribution is -2.19. The molecule has 7 heteroatoms. The van der Waals surface area contributed by atoms with E-state index in [-0.39, 0.29) is 12.3 Å². The fourth-order valence-corrected chi connectivity index (χ4v) is 2.98. The van der Waals surface area contributed by atoms with Gasteiger partial charge in [0.15, 0.2) is 11.5 Å². The highest BCUT2D eigenvalue weighted by Gasteiger charge is 2.14. The molecule has 0 aromatic heterocycles. The number of amides is 1. The Kier molecular flexibility index (Phi) is 7.90. The molecule has 0 fully saturated rings. The number of carbonyl (C=O) groups excluding carboxylic acids is 1. The van der Waals surface area contributed by atoms with Crippen LogP contribution >= 0.6 is 11.6 Å². The first kappa shape index (κ1) is 22.2. The highest BCUT2D eigenvalue weighted by Crippen LogP contribution is 2.38. The third kappa shape index (κ3) is 6.49. The van der Waals surface area contributed by atoms with Crippen molar-refractivity contribution in [3.05, 3.63) is 88.4 Å². The van der Waals surface area contributed by atoms with Gasteiger partial charge in [-0.3, -0.25) is 4.79 Å². The lowest BCUT2D eigenvalue weighted by atomic mass is 10.1. The summed E-state index contributed by atoms with van der Waals surface area (Å²) in [6.07, 6.45) is 1.72. The minimum Gasteiger partial charge on any atom is -0.493 e. The number of rotatable bonds is 9. The largest absolute Gasteiger partial charge is 0.493 e. The Bertz CT molecular complexity index is 1010. The van der Waals surface area contributed by atoms with Crippen LogP contribution in [0.1, 0.15) is 16.7 Å². The average molecular weight is 439 g/mol. The summed E-state index contributed by atoms with van der Waals surface area (Å²) in [6, 6.07) is 20.4. The monoisotopic (exact) mass is 438 g/mol. The van der Waals surface area contributed by atoms with Crippen molar-refractivity contribution in [2.24, 2.45) is 5.10 Å². The van der Waals surface area contributed by atoms with Crippen molar-refractivity contribution >= 4 is 23.7 Å². The molecule has 0 aliphatic carbocycles. The van der Waals surface area contributed by atoms with Crippen molar-refractivity contribution in [1.29, 1.82) is 0 Å². The van der Waals surface area contributed by atoms with Crippen LogP contribution in [0.2, 0.25) is 5.02 Å². The van der Waals surface area contributed by atoms with Crippen LogP contribution in [-0.2, 0) is 17.8 Å². The molecule has 0 heterocycles. The van der Waals surface area contributed by atoms with Crippen molar-refractivity contribution in [2.75, 3.05) is 14.2 Å². The summed E-state index contributed by atoms with van der Waals surface area (Å²) in [4.78, 5) is 12.1. The van der Waals surface area contributed by atoms with Crippen LogP contribution in [0.5, 0.6) is 17.2 Å². The van der Waals surface area contributed by atoms with Crippen molar-refractivity contribution in [3.63, 3.8) is 0 Å². The van der Waals surface area contributed by atoms with Gasteiger partial charge in [0.1, 0.15) is 6.61 Å². The van der Waals surface area contributed by atoms with Crippen LogP contribution in [0.3, 0.4) is 0 Å². The molecule has 0 unspecified atom stereocenters. The highest BCUT2D eigenvalue weighted by molar-refractivity contribution is 6.30. The lowest BCUT2D eigenvalue weighted by molar-refractivity contribution is -0.120. The van der Waals surface area contributed by atoms with Crippen molar-refractivity contribution in [3.8, 4) is 17.2 Å². The molecule has 31 heavy (non-hydrogen) atoms. The predicted molar refractivity (Wildman–Crippen MR) is 121 cm³/mol. The number of halogens is 1. The minimum absolute atomic E-state index is 0.202. The van der Waals surface area contributed by atoms with E-state index in [1.54, 1.807) is 50.6 Å². The maximum absolute atomic E-state index is 12.1. The van der Waals surface area contributed by atoms with Crippen LogP contribution in [-0.4, -0.2) is 26.3 Å². The van der Waals surface area contributed by atoms with E-state index in [0.29, 0.717) is 34.4 Å². The Balaban J connectivity index is 1.66. The van der Waals surface area contributed by atoms with Gasteiger partial charge in [-0.25, -0.2) is 5.43 Å². The van der Waals surface area contributed by atoms with Crippen molar-refractivity contribution < 1.29 is 19.0 Å². The number of hydrogen-bond donors (Lipinski definition) is 1. The first-order valence-electron chi connectivity index (χ1n) is 9.58. The summed E-state index contributed by atoms with van der Waals surface area (Å²) in [5, 5.41) is 4.65. The third-order valence-electron chi connectivity index (χ3n) is 4.39. The van der Waals surface area contributed by atoms with Gasteiger partial charge in [-0.1, -0.05) is 54.1 Å². The number of benzene rings is 3. The molecule has 0 saturated heterocycles. The van der Waals surface area contributed by atoms with E-state index in [4.69, 9.17) is 25.8 Å². The van der Waals surface area contributed by atoms with Gasteiger partial charge in [-0.2, -0.15) is 5.10 Å². The second-order valence-corrected chi connectivity index (χ2v) is 7.06. The minimum atomic E-state index is -0.236. The molecule has 160 valence electrons. The number of ether oxygens (including phenoxy) is 3. The third-order valence-corrected chi connectivity index (χ3v) is 4.64. The maximum atomic E-state index is 12.1. The summed E-state index contributed by atoms with van der Waals surface area (Å²) in [7, 11) is 3.11. The Labute approximate surface area is 186 Å². The Hall–Kier alpha value is -3.51. The van der Waals surface area contributed by atoms with E-state index >= 15 is 0 Å². The fraction of sp³-hybridized carbons (Fsp3) is 0.167. The van der Waals surface area contributed by atoms with E-state index in [2.05, 4.69) is 10.5 Å². The number of nitrogens with zero attached hydrogens (tertiary/aromatic N) is 1. The first-order valence-corrected chi connectivity index (χ1v) is 9.96. The van der Waals surface area contributed by atoms with Crippen LogP contribution in [0.4, 0.5) is 0 Å². The van der Waals surface area contributed by atoms with Crippen LogP contribution in [0.15, 0.2) is 71.8 Å².